The number of carbonyl (C=O) groups is 1. The molecule has 3 aromatic rings. The van der Waals surface area contributed by atoms with Crippen LogP contribution in [0, 0.1) is 6.92 Å². The zero-order valence-corrected chi connectivity index (χ0v) is 15.7. The molecule has 0 spiro atoms. The molecule has 0 saturated carbocycles. The second kappa shape index (κ2) is 7.43. The lowest BCUT2D eigenvalue weighted by Gasteiger charge is -2.10. The number of aryl methyl sites for hydroxylation is 1. The predicted molar refractivity (Wildman–Crippen MR) is 103 cm³/mol. The molecular weight excluding hydrogens is 352 g/mol. The number of hydrogen-bond donors (Lipinski definition) is 2. The van der Waals surface area contributed by atoms with Gasteiger partial charge in [-0.15, -0.1) is 0 Å². The smallest absolute Gasteiger partial charge is 0.258 e. The van der Waals surface area contributed by atoms with Crippen LogP contribution in [0.25, 0.3) is 11.0 Å². The van der Waals surface area contributed by atoms with Crippen LogP contribution in [-0.2, 0) is 6.54 Å². The Morgan fingerprint density at radius 1 is 1.31 bits per heavy atom. The first kappa shape index (κ1) is 18.4. The highest BCUT2D eigenvalue weighted by atomic mass is 35.5. The molecule has 0 aliphatic rings. The van der Waals surface area contributed by atoms with Gasteiger partial charge in [-0.05, 0) is 30.5 Å². The second-order valence-corrected chi connectivity index (χ2v) is 6.83. The summed E-state index contributed by atoms with van der Waals surface area (Å²) in [5.74, 6) is 0.107. The molecule has 1 amide bonds. The summed E-state index contributed by atoms with van der Waals surface area (Å²) in [7, 11) is 0. The number of fused-ring (bicyclic) bond motifs is 1. The molecule has 7 heteroatoms. The number of nitrogens with zero attached hydrogens (tertiary/aromatic N) is 3. The highest BCUT2D eigenvalue weighted by molar-refractivity contribution is 6.39. The number of amides is 1. The summed E-state index contributed by atoms with van der Waals surface area (Å²) in [6.07, 6.45) is 1.44. The molecule has 0 radical (unpaired) electrons. The van der Waals surface area contributed by atoms with Crippen molar-refractivity contribution >= 4 is 34.2 Å². The molecule has 0 fully saturated rings. The third-order valence-corrected chi connectivity index (χ3v) is 4.66. The minimum Gasteiger partial charge on any atom is -0.394 e. The number of pyridine rings is 1. The van der Waals surface area contributed by atoms with Crippen LogP contribution in [-0.4, -0.2) is 32.4 Å². The first-order valence-corrected chi connectivity index (χ1v) is 8.84. The molecule has 0 aliphatic heterocycles. The Hall–Kier alpha value is -2.44. The predicted octanol–water partition coefficient (Wildman–Crippen LogP) is 3.76. The van der Waals surface area contributed by atoms with Gasteiger partial charge >= 0.3 is 0 Å². The van der Waals surface area contributed by atoms with E-state index in [2.05, 4.69) is 29.2 Å². The standard InChI is InChI=1S/C19H21ClN4O2/c1-11(2)13-4-6-14(7-5-13)22-19(26)15-10-21-18-16(17(15)20)12(3)23-24(18)8-9-25/h4-7,10-11,25H,8-9H2,1-3H3,(H,22,26). The van der Waals surface area contributed by atoms with Crippen molar-refractivity contribution in [2.24, 2.45) is 0 Å². The van der Waals surface area contributed by atoms with E-state index in [1.165, 1.54) is 11.8 Å². The van der Waals surface area contributed by atoms with E-state index in [9.17, 15) is 4.79 Å². The van der Waals surface area contributed by atoms with Gasteiger partial charge in [0.2, 0.25) is 0 Å². The Balaban J connectivity index is 1.91. The first-order valence-electron chi connectivity index (χ1n) is 8.46. The van der Waals surface area contributed by atoms with Gasteiger partial charge in [-0.1, -0.05) is 37.6 Å². The van der Waals surface area contributed by atoms with Gasteiger partial charge in [0.25, 0.3) is 5.91 Å². The normalized spacial score (nSPS) is 11.3. The maximum Gasteiger partial charge on any atom is 0.258 e. The molecule has 26 heavy (non-hydrogen) atoms. The molecule has 136 valence electrons. The number of hydrogen-bond acceptors (Lipinski definition) is 4. The largest absolute Gasteiger partial charge is 0.394 e. The number of carbonyl (C=O) groups excluding carboxylic acids is 1. The molecule has 2 aromatic heterocycles. The van der Waals surface area contributed by atoms with Crippen molar-refractivity contribution in [3.8, 4) is 0 Å². The van der Waals surface area contributed by atoms with Crippen molar-refractivity contribution in [2.75, 3.05) is 11.9 Å². The molecule has 0 unspecified atom stereocenters. The number of aliphatic hydroxyl groups excluding tert-OH is 1. The van der Waals surface area contributed by atoms with Gasteiger partial charge in [-0.25, -0.2) is 9.67 Å². The van der Waals surface area contributed by atoms with Crippen molar-refractivity contribution in [3.05, 3.63) is 52.3 Å². The fourth-order valence-corrected chi connectivity index (χ4v) is 3.19. The maximum atomic E-state index is 12.6. The molecule has 6 nitrogen and oxygen atoms in total. The highest BCUT2D eigenvalue weighted by Crippen LogP contribution is 2.29. The quantitative estimate of drug-likeness (QED) is 0.714. The van der Waals surface area contributed by atoms with Crippen molar-refractivity contribution < 1.29 is 9.90 Å². The first-order chi connectivity index (χ1) is 12.4. The number of aromatic nitrogens is 3. The fourth-order valence-electron chi connectivity index (χ4n) is 2.83. The Morgan fingerprint density at radius 3 is 2.62 bits per heavy atom. The Kier molecular flexibility index (Phi) is 5.25. The maximum absolute atomic E-state index is 12.6. The van der Waals surface area contributed by atoms with E-state index in [-0.39, 0.29) is 12.5 Å². The third-order valence-electron chi connectivity index (χ3n) is 4.26. The molecule has 0 saturated heterocycles. The van der Waals surface area contributed by atoms with Gasteiger partial charge in [0.1, 0.15) is 0 Å². The zero-order chi connectivity index (χ0) is 18.8. The van der Waals surface area contributed by atoms with Gasteiger partial charge in [0.15, 0.2) is 5.65 Å². The lowest BCUT2D eigenvalue weighted by Crippen LogP contribution is -2.13. The summed E-state index contributed by atoms with van der Waals surface area (Å²) in [5, 5.41) is 17.3. The number of anilines is 1. The van der Waals surface area contributed by atoms with E-state index in [0.29, 0.717) is 45.5 Å². The Morgan fingerprint density at radius 2 is 2.00 bits per heavy atom. The lowest BCUT2D eigenvalue weighted by atomic mass is 10.0. The number of benzene rings is 1. The second-order valence-electron chi connectivity index (χ2n) is 6.45. The molecule has 0 aliphatic carbocycles. The molecule has 3 rings (SSSR count). The number of halogens is 1. The Bertz CT molecular complexity index is 948. The van der Waals surface area contributed by atoms with Crippen LogP contribution in [0.2, 0.25) is 5.02 Å². The van der Waals surface area contributed by atoms with E-state index < -0.39 is 0 Å². The number of nitrogens with one attached hydrogen (secondary N) is 1. The van der Waals surface area contributed by atoms with Gasteiger partial charge in [-0.2, -0.15) is 5.10 Å². The Labute approximate surface area is 156 Å². The van der Waals surface area contributed by atoms with Crippen LogP contribution >= 0.6 is 11.6 Å². The average Bonchev–Trinajstić information content (AvgIpc) is 2.92. The zero-order valence-electron chi connectivity index (χ0n) is 15.0. The number of aliphatic hydroxyl groups is 1. The third kappa shape index (κ3) is 3.43. The van der Waals surface area contributed by atoms with E-state index >= 15 is 0 Å². The fraction of sp³-hybridized carbons (Fsp3) is 0.316. The van der Waals surface area contributed by atoms with Crippen LogP contribution in [0.3, 0.4) is 0 Å². The van der Waals surface area contributed by atoms with E-state index in [1.54, 1.807) is 11.6 Å². The van der Waals surface area contributed by atoms with Gasteiger partial charge in [0.05, 0.1) is 34.8 Å². The topological polar surface area (TPSA) is 80.0 Å². The molecule has 2 N–H and O–H groups in total. The average molecular weight is 373 g/mol. The van der Waals surface area contributed by atoms with Crippen molar-refractivity contribution in [2.45, 2.75) is 33.2 Å². The minimum absolute atomic E-state index is 0.0515. The van der Waals surface area contributed by atoms with E-state index in [0.717, 1.165) is 0 Å². The van der Waals surface area contributed by atoms with Crippen LogP contribution in [0.5, 0.6) is 0 Å². The van der Waals surface area contributed by atoms with E-state index in [4.69, 9.17) is 16.7 Å². The lowest BCUT2D eigenvalue weighted by molar-refractivity contribution is 0.102. The monoisotopic (exact) mass is 372 g/mol. The summed E-state index contributed by atoms with van der Waals surface area (Å²) in [6, 6.07) is 7.73. The van der Waals surface area contributed by atoms with Crippen LogP contribution in [0.4, 0.5) is 5.69 Å². The summed E-state index contributed by atoms with van der Waals surface area (Å²) in [6.45, 7) is 6.31. The molecule has 1 aromatic carbocycles. The summed E-state index contributed by atoms with van der Waals surface area (Å²) >= 11 is 6.47. The molecular formula is C19H21ClN4O2. The molecule has 0 bridgehead atoms. The highest BCUT2D eigenvalue weighted by Gasteiger charge is 2.19. The summed E-state index contributed by atoms with van der Waals surface area (Å²) in [5.41, 5.74) is 3.42. The number of rotatable bonds is 5. The minimum atomic E-state index is -0.323. The molecule has 0 atom stereocenters. The van der Waals surface area contributed by atoms with Crippen molar-refractivity contribution in [1.29, 1.82) is 0 Å². The van der Waals surface area contributed by atoms with Gasteiger partial charge in [0, 0.05) is 11.9 Å². The van der Waals surface area contributed by atoms with Crippen LogP contribution in [0.1, 0.15) is 41.4 Å². The van der Waals surface area contributed by atoms with Crippen LogP contribution in [0.15, 0.2) is 30.5 Å². The van der Waals surface area contributed by atoms with Crippen LogP contribution < -0.4 is 5.32 Å². The SMILES string of the molecule is Cc1nn(CCO)c2ncc(C(=O)Nc3ccc(C(C)C)cc3)c(Cl)c12. The van der Waals surface area contributed by atoms with E-state index in [1.807, 2.05) is 24.3 Å². The van der Waals surface area contributed by atoms with Crippen molar-refractivity contribution in [3.63, 3.8) is 0 Å². The van der Waals surface area contributed by atoms with Gasteiger partial charge < -0.3 is 10.4 Å². The summed E-state index contributed by atoms with van der Waals surface area (Å²) in [4.78, 5) is 17.0. The van der Waals surface area contributed by atoms with Crippen molar-refractivity contribution in [1.82, 2.24) is 14.8 Å². The van der Waals surface area contributed by atoms with Gasteiger partial charge in [-0.3, -0.25) is 4.79 Å². The summed E-state index contributed by atoms with van der Waals surface area (Å²) < 4.78 is 1.59. The molecule has 2 heterocycles.